The molecule has 0 aliphatic rings. The zero-order valence-electron chi connectivity index (χ0n) is 13.7. The van der Waals surface area contributed by atoms with Crippen LogP contribution in [0.1, 0.15) is 27.4 Å². The number of carbonyl (C=O) groups is 1. The van der Waals surface area contributed by atoms with Crippen molar-refractivity contribution in [3.8, 4) is 0 Å². The summed E-state index contributed by atoms with van der Waals surface area (Å²) >= 11 is 0. The number of hydrogen-bond acceptors (Lipinski definition) is 6. The number of anilines is 1. The number of carbonyl (C=O) groups excluding carboxylic acids is 1. The predicted molar refractivity (Wildman–Crippen MR) is 91.5 cm³/mol. The molecule has 25 heavy (non-hydrogen) atoms. The molecule has 3 rings (SSSR count). The summed E-state index contributed by atoms with van der Waals surface area (Å²) in [5.74, 6) is 0.205. The van der Waals surface area contributed by atoms with Crippen LogP contribution in [0.3, 0.4) is 0 Å². The van der Waals surface area contributed by atoms with Crippen molar-refractivity contribution in [1.29, 1.82) is 0 Å². The molecule has 3 aromatic rings. The predicted octanol–water partition coefficient (Wildman–Crippen LogP) is 2.85. The molecule has 0 unspecified atom stereocenters. The molecule has 7 nitrogen and oxygen atoms in total. The van der Waals surface area contributed by atoms with Crippen LogP contribution in [0.4, 0.5) is 5.69 Å². The van der Waals surface area contributed by atoms with Crippen molar-refractivity contribution in [1.82, 2.24) is 15.6 Å². The monoisotopic (exact) mass is 338 g/mol. The Hall–Kier alpha value is -3.19. The Morgan fingerprint density at radius 3 is 2.76 bits per heavy atom. The highest BCUT2D eigenvalue weighted by Gasteiger charge is 2.11. The van der Waals surface area contributed by atoms with Crippen LogP contribution in [0.25, 0.3) is 0 Å². The van der Waals surface area contributed by atoms with Gasteiger partial charge in [0.1, 0.15) is 6.61 Å². The van der Waals surface area contributed by atoms with Gasteiger partial charge in [-0.2, -0.15) is 0 Å². The molecule has 0 fully saturated rings. The Labute approximate surface area is 145 Å². The highest BCUT2D eigenvalue weighted by molar-refractivity contribution is 5.98. The molecule has 0 saturated heterocycles. The fourth-order valence-electron chi connectivity index (χ4n) is 2.25. The van der Waals surface area contributed by atoms with E-state index in [9.17, 15) is 4.79 Å². The average Bonchev–Trinajstić information content (AvgIpc) is 3.06. The SMILES string of the molecule is Cc1cc(CONC(=O)c2ccccc2NCc2ccncc2)on1. The number of rotatable bonds is 7. The lowest BCUT2D eigenvalue weighted by Crippen LogP contribution is -2.24. The van der Waals surface area contributed by atoms with Crippen LogP contribution in [-0.4, -0.2) is 16.0 Å². The molecule has 0 atom stereocenters. The quantitative estimate of drug-likeness (QED) is 0.644. The van der Waals surface area contributed by atoms with E-state index in [1.54, 1.807) is 30.6 Å². The zero-order valence-corrected chi connectivity index (χ0v) is 13.7. The third-order valence-electron chi connectivity index (χ3n) is 3.46. The maximum atomic E-state index is 12.3. The standard InChI is InChI=1S/C18H18N4O3/c1-13-10-15(25-21-13)12-24-22-18(23)16-4-2-3-5-17(16)20-11-14-6-8-19-9-7-14/h2-10,20H,11-12H2,1H3,(H,22,23). The van der Waals surface area contributed by atoms with Crippen molar-refractivity contribution in [2.45, 2.75) is 20.1 Å². The molecular formula is C18H18N4O3. The third-order valence-corrected chi connectivity index (χ3v) is 3.46. The van der Waals surface area contributed by atoms with E-state index in [1.165, 1.54) is 0 Å². The van der Waals surface area contributed by atoms with Gasteiger partial charge in [-0.1, -0.05) is 17.3 Å². The molecule has 1 amide bonds. The molecule has 0 radical (unpaired) electrons. The minimum absolute atomic E-state index is 0.110. The van der Waals surface area contributed by atoms with Crippen LogP contribution in [-0.2, 0) is 18.0 Å². The van der Waals surface area contributed by atoms with E-state index in [2.05, 4.69) is 20.9 Å². The van der Waals surface area contributed by atoms with Crippen molar-refractivity contribution < 1.29 is 14.2 Å². The van der Waals surface area contributed by atoms with Crippen molar-refractivity contribution in [2.75, 3.05) is 5.32 Å². The van der Waals surface area contributed by atoms with E-state index >= 15 is 0 Å². The normalized spacial score (nSPS) is 10.4. The second-order valence-electron chi connectivity index (χ2n) is 5.41. The topological polar surface area (TPSA) is 89.3 Å². The van der Waals surface area contributed by atoms with E-state index in [-0.39, 0.29) is 12.5 Å². The first-order valence-electron chi connectivity index (χ1n) is 7.78. The number of pyridine rings is 1. The van der Waals surface area contributed by atoms with E-state index < -0.39 is 0 Å². The fourth-order valence-corrected chi connectivity index (χ4v) is 2.25. The van der Waals surface area contributed by atoms with Crippen LogP contribution >= 0.6 is 0 Å². The molecule has 0 saturated carbocycles. The maximum Gasteiger partial charge on any atom is 0.276 e. The molecule has 0 aliphatic carbocycles. The molecule has 2 heterocycles. The summed E-state index contributed by atoms with van der Waals surface area (Å²) in [6, 6.07) is 12.8. The molecular weight excluding hydrogens is 320 g/mol. The van der Waals surface area contributed by atoms with Gasteiger partial charge in [-0.15, -0.1) is 0 Å². The van der Waals surface area contributed by atoms with Crippen molar-refractivity contribution in [3.05, 3.63) is 77.4 Å². The van der Waals surface area contributed by atoms with Gasteiger partial charge in [0.05, 0.1) is 11.3 Å². The Morgan fingerprint density at radius 2 is 2.00 bits per heavy atom. The van der Waals surface area contributed by atoms with Crippen LogP contribution in [0.2, 0.25) is 0 Å². The Balaban J connectivity index is 1.58. The van der Waals surface area contributed by atoms with Gasteiger partial charge in [-0.05, 0) is 36.8 Å². The summed E-state index contributed by atoms with van der Waals surface area (Å²) in [6.07, 6.45) is 3.46. The van der Waals surface area contributed by atoms with Gasteiger partial charge in [-0.25, -0.2) is 5.48 Å². The fraction of sp³-hybridized carbons (Fsp3) is 0.167. The number of benzene rings is 1. The van der Waals surface area contributed by atoms with Gasteiger partial charge < -0.3 is 9.84 Å². The van der Waals surface area contributed by atoms with Crippen LogP contribution < -0.4 is 10.8 Å². The first kappa shape index (κ1) is 16.7. The molecule has 128 valence electrons. The van der Waals surface area contributed by atoms with Gasteiger partial charge in [0.2, 0.25) is 0 Å². The molecule has 1 aromatic carbocycles. The van der Waals surface area contributed by atoms with Gasteiger partial charge in [0, 0.05) is 30.7 Å². The van der Waals surface area contributed by atoms with Crippen molar-refractivity contribution in [3.63, 3.8) is 0 Å². The van der Waals surface area contributed by atoms with Crippen LogP contribution in [0.15, 0.2) is 59.4 Å². The molecule has 2 N–H and O–H groups in total. The summed E-state index contributed by atoms with van der Waals surface area (Å²) in [6.45, 7) is 2.51. The summed E-state index contributed by atoms with van der Waals surface area (Å²) in [5, 5.41) is 7.01. The molecule has 7 heteroatoms. The van der Waals surface area contributed by atoms with Gasteiger partial charge >= 0.3 is 0 Å². The Morgan fingerprint density at radius 1 is 1.20 bits per heavy atom. The summed E-state index contributed by atoms with van der Waals surface area (Å²) in [4.78, 5) is 21.5. The number of aryl methyl sites for hydroxylation is 1. The van der Waals surface area contributed by atoms with E-state index in [1.807, 2.05) is 31.2 Å². The number of nitrogens with zero attached hydrogens (tertiary/aromatic N) is 2. The average molecular weight is 338 g/mol. The van der Waals surface area contributed by atoms with Crippen molar-refractivity contribution >= 4 is 11.6 Å². The summed E-state index contributed by atoms with van der Waals surface area (Å²) < 4.78 is 5.02. The first-order chi connectivity index (χ1) is 12.2. The van der Waals surface area contributed by atoms with Gasteiger partial charge in [-0.3, -0.25) is 14.6 Å². The van der Waals surface area contributed by atoms with Crippen LogP contribution in [0, 0.1) is 6.92 Å². The van der Waals surface area contributed by atoms with E-state index in [0.29, 0.717) is 17.9 Å². The minimum atomic E-state index is -0.339. The molecule has 0 aliphatic heterocycles. The Bertz CT molecular complexity index is 833. The minimum Gasteiger partial charge on any atom is -0.380 e. The lowest BCUT2D eigenvalue weighted by atomic mass is 10.1. The first-order valence-corrected chi connectivity index (χ1v) is 7.78. The highest BCUT2D eigenvalue weighted by atomic mass is 16.7. The number of hydroxylamine groups is 1. The number of para-hydroxylation sites is 1. The summed E-state index contributed by atoms with van der Waals surface area (Å²) in [5.41, 5.74) is 5.46. The maximum absolute atomic E-state index is 12.3. The largest absolute Gasteiger partial charge is 0.380 e. The van der Waals surface area contributed by atoms with E-state index in [4.69, 9.17) is 9.36 Å². The zero-order chi connectivity index (χ0) is 17.5. The highest BCUT2D eigenvalue weighted by Crippen LogP contribution is 2.16. The molecule has 2 aromatic heterocycles. The summed E-state index contributed by atoms with van der Waals surface area (Å²) in [7, 11) is 0. The molecule has 0 bridgehead atoms. The second kappa shape index (κ2) is 8.07. The van der Waals surface area contributed by atoms with Gasteiger partial charge in [0.25, 0.3) is 5.91 Å². The smallest absolute Gasteiger partial charge is 0.276 e. The lowest BCUT2D eigenvalue weighted by molar-refractivity contribution is 0.0156. The molecule has 0 spiro atoms. The van der Waals surface area contributed by atoms with E-state index in [0.717, 1.165) is 16.9 Å². The number of hydrogen-bond donors (Lipinski definition) is 2. The second-order valence-corrected chi connectivity index (χ2v) is 5.41. The Kier molecular flexibility index (Phi) is 5.38. The van der Waals surface area contributed by atoms with Crippen molar-refractivity contribution in [2.24, 2.45) is 0 Å². The van der Waals surface area contributed by atoms with Gasteiger partial charge in [0.15, 0.2) is 5.76 Å². The number of nitrogens with one attached hydrogen (secondary N) is 2. The van der Waals surface area contributed by atoms with Crippen LogP contribution in [0.5, 0.6) is 0 Å². The number of aromatic nitrogens is 2. The third kappa shape index (κ3) is 4.65. The lowest BCUT2D eigenvalue weighted by Gasteiger charge is -2.12. The number of amides is 1.